The molecule has 0 amide bonds. The number of benzene rings is 2. The highest BCUT2D eigenvalue weighted by Gasteiger charge is 2.14. The molecule has 3 aromatic rings. The molecule has 2 aromatic carbocycles. The third-order valence-electron chi connectivity index (χ3n) is 4.22. The number of fused-ring (bicyclic) bond motifs is 1. The summed E-state index contributed by atoms with van der Waals surface area (Å²) in [4.78, 5) is 4.79. The number of imidazole rings is 1. The van der Waals surface area contributed by atoms with Gasteiger partial charge in [-0.1, -0.05) is 38.1 Å². The first-order valence-electron chi connectivity index (χ1n) is 8.37. The predicted octanol–water partition coefficient (Wildman–Crippen LogP) is 3.54. The molecule has 0 saturated carbocycles. The van der Waals surface area contributed by atoms with Crippen molar-refractivity contribution in [2.75, 3.05) is 10.7 Å². The minimum atomic E-state index is 0.515. The second kappa shape index (κ2) is 6.93. The van der Waals surface area contributed by atoms with E-state index in [9.17, 15) is 0 Å². The number of nitrogens with two attached hydrogens (primary N) is 2. The van der Waals surface area contributed by atoms with Crippen LogP contribution in [0.4, 0.5) is 11.4 Å². The molecule has 0 bridgehead atoms. The summed E-state index contributed by atoms with van der Waals surface area (Å²) in [6.07, 6.45) is 1.10. The largest absolute Gasteiger partial charge is 0.397 e. The molecule has 5 nitrogen and oxygen atoms in total. The van der Waals surface area contributed by atoms with Crippen molar-refractivity contribution < 1.29 is 0 Å². The Bertz CT molecular complexity index is 821. The molecule has 0 aliphatic heterocycles. The Balaban J connectivity index is 1.93. The zero-order chi connectivity index (χ0) is 17.1. The molecule has 4 N–H and O–H groups in total. The predicted molar refractivity (Wildman–Crippen MR) is 100 cm³/mol. The lowest BCUT2D eigenvalue weighted by Gasteiger charge is -2.21. The molecule has 0 fully saturated rings. The summed E-state index contributed by atoms with van der Waals surface area (Å²) in [6.45, 7) is 5.92. The van der Waals surface area contributed by atoms with Crippen LogP contribution in [0, 0.1) is 5.92 Å². The summed E-state index contributed by atoms with van der Waals surface area (Å²) in [5.74, 6) is 7.87. The topological polar surface area (TPSA) is 73.1 Å². The lowest BCUT2D eigenvalue weighted by atomic mass is 10.1. The molecule has 1 heterocycles. The van der Waals surface area contributed by atoms with E-state index in [4.69, 9.17) is 16.6 Å². The van der Waals surface area contributed by atoms with Crippen molar-refractivity contribution in [3.63, 3.8) is 0 Å². The van der Waals surface area contributed by atoms with Gasteiger partial charge in [0.05, 0.1) is 29.0 Å². The lowest BCUT2D eigenvalue weighted by Crippen LogP contribution is -2.32. The van der Waals surface area contributed by atoms with Gasteiger partial charge in [-0.15, -0.1) is 0 Å². The SMILES string of the molecule is CC(C)CCn1c(CN(N)c2ccccc2N)nc2ccccc21. The van der Waals surface area contributed by atoms with Crippen molar-refractivity contribution in [1.29, 1.82) is 0 Å². The molecule has 0 unspecified atom stereocenters. The van der Waals surface area contributed by atoms with Crippen molar-refractivity contribution in [2.45, 2.75) is 33.4 Å². The number of hydrogen-bond donors (Lipinski definition) is 2. The smallest absolute Gasteiger partial charge is 0.131 e. The molecule has 0 aliphatic rings. The van der Waals surface area contributed by atoms with E-state index < -0.39 is 0 Å². The van der Waals surface area contributed by atoms with Gasteiger partial charge in [0.25, 0.3) is 0 Å². The second-order valence-corrected chi connectivity index (χ2v) is 6.54. The van der Waals surface area contributed by atoms with Crippen molar-refractivity contribution in [3.05, 3.63) is 54.4 Å². The van der Waals surface area contributed by atoms with Gasteiger partial charge >= 0.3 is 0 Å². The van der Waals surface area contributed by atoms with E-state index in [2.05, 4.69) is 30.5 Å². The van der Waals surface area contributed by atoms with E-state index in [0.29, 0.717) is 18.2 Å². The first-order chi connectivity index (χ1) is 11.6. The van der Waals surface area contributed by atoms with E-state index in [1.165, 1.54) is 0 Å². The quantitative estimate of drug-likeness (QED) is 0.413. The van der Waals surface area contributed by atoms with Crippen molar-refractivity contribution in [3.8, 4) is 0 Å². The summed E-state index contributed by atoms with van der Waals surface area (Å²) in [5.41, 5.74) is 9.69. The van der Waals surface area contributed by atoms with Gasteiger partial charge in [-0.3, -0.25) is 0 Å². The average Bonchev–Trinajstić information content (AvgIpc) is 2.90. The molecule has 5 heteroatoms. The molecule has 0 radical (unpaired) electrons. The Hall–Kier alpha value is -2.53. The number of para-hydroxylation sites is 4. The number of nitrogen functional groups attached to an aromatic ring is 1. The maximum Gasteiger partial charge on any atom is 0.131 e. The third-order valence-corrected chi connectivity index (χ3v) is 4.22. The highest BCUT2D eigenvalue weighted by molar-refractivity contribution is 5.76. The van der Waals surface area contributed by atoms with Crippen LogP contribution in [0.15, 0.2) is 48.5 Å². The van der Waals surface area contributed by atoms with E-state index in [1.54, 1.807) is 5.01 Å². The van der Waals surface area contributed by atoms with Gasteiger partial charge in [-0.25, -0.2) is 10.8 Å². The number of hydrogen-bond acceptors (Lipinski definition) is 4. The van der Waals surface area contributed by atoms with Crippen LogP contribution >= 0.6 is 0 Å². The van der Waals surface area contributed by atoms with Gasteiger partial charge < -0.3 is 15.3 Å². The fourth-order valence-corrected chi connectivity index (χ4v) is 2.87. The number of nitrogens with zero attached hydrogens (tertiary/aromatic N) is 3. The maximum atomic E-state index is 6.27. The maximum absolute atomic E-state index is 6.27. The summed E-state index contributed by atoms with van der Waals surface area (Å²) in [6, 6.07) is 15.9. The third kappa shape index (κ3) is 3.36. The number of anilines is 2. The highest BCUT2D eigenvalue weighted by atomic mass is 15.4. The van der Waals surface area contributed by atoms with Gasteiger partial charge in [0, 0.05) is 6.54 Å². The molecular formula is C19H25N5. The fourth-order valence-electron chi connectivity index (χ4n) is 2.87. The Labute approximate surface area is 142 Å². The monoisotopic (exact) mass is 323 g/mol. The zero-order valence-corrected chi connectivity index (χ0v) is 14.3. The van der Waals surface area contributed by atoms with E-state index in [0.717, 1.165) is 35.5 Å². The number of hydrazine groups is 1. The molecule has 24 heavy (non-hydrogen) atoms. The van der Waals surface area contributed by atoms with E-state index >= 15 is 0 Å². The summed E-state index contributed by atoms with van der Waals surface area (Å²) < 4.78 is 2.27. The van der Waals surface area contributed by atoms with Crippen LogP contribution in [-0.4, -0.2) is 9.55 Å². The molecule has 0 spiro atoms. The minimum absolute atomic E-state index is 0.515. The van der Waals surface area contributed by atoms with Crippen molar-refractivity contribution in [1.82, 2.24) is 9.55 Å². The Morgan fingerprint density at radius 2 is 1.79 bits per heavy atom. The van der Waals surface area contributed by atoms with Gasteiger partial charge in [0.2, 0.25) is 0 Å². The summed E-state index contributed by atoms with van der Waals surface area (Å²) in [5, 5.41) is 1.67. The van der Waals surface area contributed by atoms with Gasteiger partial charge in [-0.2, -0.15) is 0 Å². The molecule has 3 rings (SSSR count). The number of aromatic nitrogens is 2. The van der Waals surface area contributed by atoms with Gasteiger partial charge in [0.1, 0.15) is 5.82 Å². The second-order valence-electron chi connectivity index (χ2n) is 6.54. The average molecular weight is 323 g/mol. The van der Waals surface area contributed by atoms with Gasteiger partial charge in [0.15, 0.2) is 0 Å². The number of aryl methyl sites for hydroxylation is 1. The molecule has 0 saturated heterocycles. The zero-order valence-electron chi connectivity index (χ0n) is 14.3. The Kier molecular flexibility index (Phi) is 4.71. The molecule has 0 atom stereocenters. The normalized spacial score (nSPS) is 11.3. The van der Waals surface area contributed by atoms with Crippen LogP contribution in [0.2, 0.25) is 0 Å². The van der Waals surface area contributed by atoms with Crippen LogP contribution in [0.5, 0.6) is 0 Å². The number of rotatable bonds is 6. The molecular weight excluding hydrogens is 298 g/mol. The first-order valence-corrected chi connectivity index (χ1v) is 8.37. The van der Waals surface area contributed by atoms with Gasteiger partial charge in [-0.05, 0) is 36.6 Å². The van der Waals surface area contributed by atoms with Crippen molar-refractivity contribution >= 4 is 22.4 Å². The van der Waals surface area contributed by atoms with Crippen LogP contribution < -0.4 is 16.6 Å². The highest BCUT2D eigenvalue weighted by Crippen LogP contribution is 2.23. The minimum Gasteiger partial charge on any atom is -0.397 e. The molecule has 0 aliphatic carbocycles. The van der Waals surface area contributed by atoms with Crippen molar-refractivity contribution in [2.24, 2.45) is 11.8 Å². The van der Waals surface area contributed by atoms with E-state index in [-0.39, 0.29) is 0 Å². The first kappa shape index (κ1) is 16.3. The standard InChI is InChI=1S/C19H25N5/c1-14(2)11-12-23-18-10-6-4-8-16(18)22-19(23)13-24(21)17-9-5-3-7-15(17)20/h3-10,14H,11-13,20-21H2,1-2H3. The summed E-state index contributed by atoms with van der Waals surface area (Å²) >= 11 is 0. The van der Waals surface area contributed by atoms with Crippen LogP contribution in [0.25, 0.3) is 11.0 Å². The van der Waals surface area contributed by atoms with Crippen LogP contribution in [-0.2, 0) is 13.1 Å². The van der Waals surface area contributed by atoms with E-state index in [1.807, 2.05) is 36.4 Å². The molecule has 126 valence electrons. The van der Waals surface area contributed by atoms with Crippen LogP contribution in [0.1, 0.15) is 26.1 Å². The summed E-state index contributed by atoms with van der Waals surface area (Å²) in [7, 11) is 0. The Morgan fingerprint density at radius 1 is 1.08 bits per heavy atom. The fraction of sp³-hybridized carbons (Fsp3) is 0.316. The molecule has 1 aromatic heterocycles. The Morgan fingerprint density at radius 3 is 2.54 bits per heavy atom. The lowest BCUT2D eigenvalue weighted by molar-refractivity contribution is 0.510. The van der Waals surface area contributed by atoms with Crippen LogP contribution in [0.3, 0.4) is 0 Å².